The molecule has 0 saturated heterocycles. The molecule has 0 fully saturated rings. The van der Waals surface area contributed by atoms with Gasteiger partial charge in [-0.1, -0.05) is 6.07 Å². The van der Waals surface area contributed by atoms with Crippen LogP contribution in [0.4, 0.5) is 5.00 Å². The lowest BCUT2D eigenvalue weighted by molar-refractivity contribution is -0.116. The first kappa shape index (κ1) is 23.3. The lowest BCUT2D eigenvalue weighted by Crippen LogP contribution is -2.30. The quantitative estimate of drug-likeness (QED) is 0.646. The van der Waals surface area contributed by atoms with Crippen LogP contribution in [0.1, 0.15) is 51.9 Å². The van der Waals surface area contributed by atoms with E-state index in [-0.39, 0.29) is 35.2 Å². The molecular formula is C21H27N3O5S. The van der Waals surface area contributed by atoms with Crippen molar-refractivity contribution in [1.82, 2.24) is 9.47 Å². The van der Waals surface area contributed by atoms with E-state index in [1.807, 2.05) is 13.8 Å². The van der Waals surface area contributed by atoms with Crippen molar-refractivity contribution >= 4 is 34.1 Å². The molecule has 0 aliphatic rings. The molecule has 2 aromatic heterocycles. The molecule has 0 radical (unpaired) electrons. The second-order valence-corrected chi connectivity index (χ2v) is 7.65. The van der Waals surface area contributed by atoms with Crippen molar-refractivity contribution in [3.63, 3.8) is 0 Å². The Morgan fingerprint density at radius 3 is 2.43 bits per heavy atom. The molecule has 2 aromatic rings. The van der Waals surface area contributed by atoms with Gasteiger partial charge in [0.2, 0.25) is 5.91 Å². The van der Waals surface area contributed by atoms with Gasteiger partial charge in [-0.25, -0.2) is 4.79 Å². The zero-order valence-electron chi connectivity index (χ0n) is 17.9. The van der Waals surface area contributed by atoms with E-state index in [1.54, 1.807) is 37.8 Å². The topological polar surface area (TPSA) is 97.7 Å². The Labute approximate surface area is 179 Å². The molecule has 0 saturated carbocycles. The van der Waals surface area contributed by atoms with Crippen molar-refractivity contribution in [2.45, 2.75) is 41.2 Å². The Morgan fingerprint density at radius 2 is 1.83 bits per heavy atom. The second-order valence-electron chi connectivity index (χ2n) is 6.63. The number of carbonyl (C=O) groups is 3. The van der Waals surface area contributed by atoms with E-state index >= 15 is 0 Å². The number of hydrogen-bond donors (Lipinski definition) is 1. The third-order valence-corrected chi connectivity index (χ3v) is 5.84. The minimum atomic E-state index is -0.604. The van der Waals surface area contributed by atoms with Gasteiger partial charge in [-0.05, 0) is 46.2 Å². The summed E-state index contributed by atoms with van der Waals surface area (Å²) in [6, 6.07) is 3.35. The zero-order chi connectivity index (χ0) is 22.4. The third kappa shape index (κ3) is 4.96. The number of aromatic nitrogens is 1. The lowest BCUT2D eigenvalue weighted by atomic mass is 10.1. The molecule has 0 aliphatic heterocycles. The predicted molar refractivity (Wildman–Crippen MR) is 116 cm³/mol. The number of nitrogens with zero attached hydrogens (tertiary/aromatic N) is 2. The van der Waals surface area contributed by atoms with Crippen LogP contribution in [-0.4, -0.2) is 46.9 Å². The Hall–Kier alpha value is -2.94. The largest absolute Gasteiger partial charge is 0.462 e. The average molecular weight is 434 g/mol. The Bertz CT molecular complexity index is 1000. The molecule has 2 amide bonds. The Morgan fingerprint density at radius 1 is 1.17 bits per heavy atom. The number of aryl methyl sites for hydroxylation is 1. The molecule has 30 heavy (non-hydrogen) atoms. The van der Waals surface area contributed by atoms with Crippen LogP contribution in [0, 0.1) is 13.8 Å². The molecule has 2 heterocycles. The van der Waals surface area contributed by atoms with Crippen LogP contribution in [0.3, 0.4) is 0 Å². The molecule has 162 valence electrons. The highest BCUT2D eigenvalue weighted by Crippen LogP contribution is 2.34. The Balaban J connectivity index is 2.39. The second kappa shape index (κ2) is 10.2. The van der Waals surface area contributed by atoms with E-state index in [9.17, 15) is 19.2 Å². The van der Waals surface area contributed by atoms with Gasteiger partial charge in [0.05, 0.1) is 17.0 Å². The van der Waals surface area contributed by atoms with Gasteiger partial charge in [0.15, 0.2) is 0 Å². The summed E-state index contributed by atoms with van der Waals surface area (Å²) in [5, 5.41) is 2.93. The molecule has 0 atom stereocenters. The maximum Gasteiger partial charge on any atom is 0.341 e. The zero-order valence-corrected chi connectivity index (χ0v) is 18.7. The van der Waals surface area contributed by atoms with E-state index in [0.29, 0.717) is 29.1 Å². The van der Waals surface area contributed by atoms with Crippen molar-refractivity contribution in [3.05, 3.63) is 50.3 Å². The van der Waals surface area contributed by atoms with Crippen molar-refractivity contribution in [2.24, 2.45) is 0 Å². The molecule has 9 heteroatoms. The van der Waals surface area contributed by atoms with Crippen LogP contribution in [-0.2, 0) is 16.1 Å². The van der Waals surface area contributed by atoms with Crippen LogP contribution in [0.5, 0.6) is 0 Å². The fraction of sp³-hybridized carbons (Fsp3) is 0.429. The van der Waals surface area contributed by atoms with Gasteiger partial charge < -0.3 is 19.5 Å². The van der Waals surface area contributed by atoms with E-state index in [4.69, 9.17) is 4.74 Å². The van der Waals surface area contributed by atoms with Crippen molar-refractivity contribution in [2.75, 3.05) is 25.0 Å². The number of esters is 1. The van der Waals surface area contributed by atoms with Crippen LogP contribution in [0.15, 0.2) is 23.1 Å². The van der Waals surface area contributed by atoms with Gasteiger partial charge in [-0.2, -0.15) is 0 Å². The monoisotopic (exact) mass is 433 g/mol. The summed E-state index contributed by atoms with van der Waals surface area (Å²) < 4.78 is 6.42. The molecule has 0 spiro atoms. The van der Waals surface area contributed by atoms with Crippen molar-refractivity contribution in [3.8, 4) is 0 Å². The maximum atomic E-state index is 12.9. The lowest BCUT2D eigenvalue weighted by Gasteiger charge is -2.18. The molecule has 1 N–H and O–H groups in total. The SMILES string of the molecule is CCOC(=O)c1c(NC(=O)Cn2cccc(C)c2=O)sc(C(=O)N(CC)CC)c1C. The van der Waals surface area contributed by atoms with E-state index in [1.165, 1.54) is 10.8 Å². The summed E-state index contributed by atoms with van der Waals surface area (Å²) in [4.78, 5) is 52.2. The number of amides is 2. The van der Waals surface area contributed by atoms with Gasteiger partial charge in [-0.3, -0.25) is 14.4 Å². The molecule has 0 aliphatic carbocycles. The number of anilines is 1. The van der Waals surface area contributed by atoms with Gasteiger partial charge >= 0.3 is 5.97 Å². The molecule has 0 aromatic carbocycles. The van der Waals surface area contributed by atoms with Gasteiger partial charge in [-0.15, -0.1) is 11.3 Å². The minimum Gasteiger partial charge on any atom is -0.462 e. The molecule has 0 unspecified atom stereocenters. The van der Waals surface area contributed by atoms with Crippen molar-refractivity contribution < 1.29 is 19.1 Å². The highest BCUT2D eigenvalue weighted by Gasteiger charge is 2.28. The van der Waals surface area contributed by atoms with E-state index in [0.717, 1.165) is 11.3 Å². The first-order valence-electron chi connectivity index (χ1n) is 9.80. The third-order valence-electron chi connectivity index (χ3n) is 4.65. The number of hydrogen-bond acceptors (Lipinski definition) is 6. The first-order chi connectivity index (χ1) is 14.2. The summed E-state index contributed by atoms with van der Waals surface area (Å²) in [6.07, 6.45) is 1.52. The first-order valence-corrected chi connectivity index (χ1v) is 10.6. The summed E-state index contributed by atoms with van der Waals surface area (Å²) in [5.41, 5.74) is 0.898. The van der Waals surface area contributed by atoms with Crippen LogP contribution >= 0.6 is 11.3 Å². The number of nitrogens with one attached hydrogen (secondary N) is 1. The van der Waals surface area contributed by atoms with Gasteiger partial charge in [0, 0.05) is 24.8 Å². The fourth-order valence-electron chi connectivity index (χ4n) is 3.01. The standard InChI is InChI=1S/C21H27N3O5S/c1-6-23(7-2)20(27)17-14(5)16(21(28)29-8-3)18(30-17)22-15(25)12-24-11-9-10-13(4)19(24)26/h9-11H,6-8,12H2,1-5H3,(H,22,25). The molecule has 2 rings (SSSR count). The summed E-state index contributed by atoms with van der Waals surface area (Å²) in [5.74, 6) is -1.28. The van der Waals surface area contributed by atoms with Gasteiger partial charge in [0.1, 0.15) is 11.5 Å². The van der Waals surface area contributed by atoms with Crippen LogP contribution in [0.25, 0.3) is 0 Å². The van der Waals surface area contributed by atoms with E-state index < -0.39 is 11.9 Å². The number of thiophene rings is 1. The van der Waals surface area contributed by atoms with Crippen LogP contribution < -0.4 is 10.9 Å². The average Bonchev–Trinajstić information content (AvgIpc) is 3.02. The van der Waals surface area contributed by atoms with Crippen LogP contribution in [0.2, 0.25) is 0 Å². The normalized spacial score (nSPS) is 10.6. The van der Waals surface area contributed by atoms with Crippen molar-refractivity contribution in [1.29, 1.82) is 0 Å². The maximum absolute atomic E-state index is 12.9. The number of carbonyl (C=O) groups excluding carboxylic acids is 3. The highest BCUT2D eigenvalue weighted by molar-refractivity contribution is 7.18. The number of ether oxygens (including phenoxy) is 1. The molecule has 0 bridgehead atoms. The highest BCUT2D eigenvalue weighted by atomic mass is 32.1. The number of rotatable bonds is 8. The summed E-state index contributed by atoms with van der Waals surface area (Å²) in [6.45, 7) is 9.78. The Kier molecular flexibility index (Phi) is 7.93. The summed E-state index contributed by atoms with van der Waals surface area (Å²) >= 11 is 1.04. The molecule has 8 nitrogen and oxygen atoms in total. The predicted octanol–water partition coefficient (Wildman–Crippen LogP) is 2.82. The van der Waals surface area contributed by atoms with Gasteiger partial charge in [0.25, 0.3) is 11.5 Å². The molecular weight excluding hydrogens is 406 g/mol. The number of pyridine rings is 1. The van der Waals surface area contributed by atoms with E-state index in [2.05, 4.69) is 5.32 Å². The minimum absolute atomic E-state index is 0.166. The fourth-order valence-corrected chi connectivity index (χ4v) is 4.19. The smallest absolute Gasteiger partial charge is 0.341 e. The summed E-state index contributed by atoms with van der Waals surface area (Å²) in [7, 11) is 0.